The molecule has 29 heavy (non-hydrogen) atoms. The molecule has 3 aliphatic rings. The number of piperidine rings is 1. The molecule has 5 unspecified atom stereocenters. The van der Waals surface area contributed by atoms with E-state index in [9.17, 15) is 15.0 Å². The fourth-order valence-corrected chi connectivity index (χ4v) is 5.25. The standard InChI is InChI=1S/C21H30N4O3S/c1-23(2)13-6-8-14(9-7-13)25-18-15(20(28)24-10-4-3-5-11-24)12-16(26)19(27)17(18)22-21(25)29/h6-9,15-19,26-27H,3-5,10-12H2,1-2H3,(H,22,29). The zero-order valence-corrected chi connectivity index (χ0v) is 17.8. The maximum Gasteiger partial charge on any atom is 0.227 e. The number of hydrogen-bond donors (Lipinski definition) is 3. The maximum absolute atomic E-state index is 13.4. The van der Waals surface area contributed by atoms with Crippen LogP contribution in [0.3, 0.4) is 0 Å². The van der Waals surface area contributed by atoms with Gasteiger partial charge in [-0.05, 0) is 62.2 Å². The number of amides is 1. The Morgan fingerprint density at radius 1 is 1.14 bits per heavy atom. The van der Waals surface area contributed by atoms with Gasteiger partial charge in [0.15, 0.2) is 5.11 Å². The summed E-state index contributed by atoms with van der Waals surface area (Å²) < 4.78 is 0. The molecule has 1 aromatic rings. The molecule has 5 atom stereocenters. The largest absolute Gasteiger partial charge is 0.390 e. The molecule has 2 aliphatic heterocycles. The average molecular weight is 419 g/mol. The summed E-state index contributed by atoms with van der Waals surface area (Å²) in [6.07, 6.45) is 1.52. The molecule has 0 bridgehead atoms. The predicted octanol–water partition coefficient (Wildman–Crippen LogP) is 0.938. The van der Waals surface area contributed by atoms with Crippen LogP contribution in [0.2, 0.25) is 0 Å². The minimum atomic E-state index is -0.964. The maximum atomic E-state index is 13.4. The van der Waals surface area contributed by atoms with Gasteiger partial charge < -0.3 is 30.2 Å². The van der Waals surface area contributed by atoms with Crippen LogP contribution in [0, 0.1) is 5.92 Å². The second-order valence-corrected chi connectivity index (χ2v) is 8.92. The Balaban J connectivity index is 1.66. The van der Waals surface area contributed by atoms with Gasteiger partial charge >= 0.3 is 0 Å². The molecule has 0 radical (unpaired) electrons. The van der Waals surface area contributed by atoms with Crippen molar-refractivity contribution in [3.05, 3.63) is 24.3 Å². The predicted molar refractivity (Wildman–Crippen MR) is 117 cm³/mol. The van der Waals surface area contributed by atoms with Crippen LogP contribution in [-0.2, 0) is 4.79 Å². The van der Waals surface area contributed by atoms with Crippen LogP contribution in [0.15, 0.2) is 24.3 Å². The molecule has 158 valence electrons. The zero-order valence-electron chi connectivity index (χ0n) is 17.0. The summed E-state index contributed by atoms with van der Waals surface area (Å²) in [5.41, 5.74) is 1.96. The lowest BCUT2D eigenvalue weighted by atomic mass is 9.76. The highest BCUT2D eigenvalue weighted by molar-refractivity contribution is 7.80. The molecule has 1 aliphatic carbocycles. The smallest absolute Gasteiger partial charge is 0.227 e. The van der Waals surface area contributed by atoms with Gasteiger partial charge in [0, 0.05) is 38.6 Å². The molecule has 3 fully saturated rings. The van der Waals surface area contributed by atoms with Crippen molar-refractivity contribution in [1.29, 1.82) is 0 Å². The summed E-state index contributed by atoms with van der Waals surface area (Å²) in [6.45, 7) is 1.53. The molecular formula is C21H30N4O3S. The first-order valence-electron chi connectivity index (χ1n) is 10.4. The highest BCUT2D eigenvalue weighted by Gasteiger charge is 2.54. The van der Waals surface area contributed by atoms with Crippen LogP contribution in [0.1, 0.15) is 25.7 Å². The van der Waals surface area contributed by atoms with Crippen molar-refractivity contribution in [2.75, 3.05) is 37.0 Å². The molecule has 8 heteroatoms. The number of benzene rings is 1. The first-order valence-corrected chi connectivity index (χ1v) is 10.8. The Bertz CT molecular complexity index is 766. The first-order chi connectivity index (χ1) is 13.9. The van der Waals surface area contributed by atoms with Crippen LogP contribution < -0.4 is 15.1 Å². The number of aliphatic hydroxyl groups excluding tert-OH is 2. The number of anilines is 2. The zero-order chi connectivity index (χ0) is 20.7. The van der Waals surface area contributed by atoms with Crippen molar-refractivity contribution >= 4 is 34.6 Å². The lowest BCUT2D eigenvalue weighted by Crippen LogP contribution is -2.61. The number of nitrogens with zero attached hydrogens (tertiary/aromatic N) is 3. The van der Waals surface area contributed by atoms with Crippen LogP contribution in [0.5, 0.6) is 0 Å². The topological polar surface area (TPSA) is 79.3 Å². The monoisotopic (exact) mass is 418 g/mol. The third-order valence-corrected chi connectivity index (χ3v) is 6.79. The van der Waals surface area contributed by atoms with Gasteiger partial charge in [0.2, 0.25) is 5.91 Å². The Hall–Kier alpha value is -1.90. The van der Waals surface area contributed by atoms with Crippen molar-refractivity contribution in [3.8, 4) is 0 Å². The molecule has 7 nitrogen and oxygen atoms in total. The number of rotatable bonds is 3. The van der Waals surface area contributed by atoms with Crippen LogP contribution in [0.25, 0.3) is 0 Å². The molecular weight excluding hydrogens is 388 g/mol. The Labute approximate surface area is 177 Å². The number of thiocarbonyl (C=S) groups is 1. The summed E-state index contributed by atoms with van der Waals surface area (Å²) in [7, 11) is 3.97. The van der Waals surface area contributed by atoms with Crippen LogP contribution in [0.4, 0.5) is 11.4 Å². The van der Waals surface area contributed by atoms with E-state index in [4.69, 9.17) is 12.2 Å². The van der Waals surface area contributed by atoms with Crippen LogP contribution >= 0.6 is 12.2 Å². The third-order valence-electron chi connectivity index (χ3n) is 6.47. The van der Waals surface area contributed by atoms with Gasteiger partial charge in [0.1, 0.15) is 6.10 Å². The van der Waals surface area contributed by atoms with Crippen molar-refractivity contribution in [2.45, 2.75) is 50.0 Å². The van der Waals surface area contributed by atoms with E-state index in [1.807, 2.05) is 53.1 Å². The first kappa shape index (κ1) is 20.4. The third kappa shape index (κ3) is 3.69. The van der Waals surface area contributed by atoms with Crippen LogP contribution in [-0.4, -0.2) is 77.6 Å². The highest BCUT2D eigenvalue weighted by atomic mass is 32.1. The summed E-state index contributed by atoms with van der Waals surface area (Å²) in [5.74, 6) is -0.356. The average Bonchev–Trinajstić information content (AvgIpc) is 3.08. The van der Waals surface area contributed by atoms with Crippen molar-refractivity contribution in [1.82, 2.24) is 10.2 Å². The minimum Gasteiger partial charge on any atom is -0.390 e. The number of nitrogens with one attached hydrogen (secondary N) is 1. The second kappa shape index (κ2) is 8.08. The fraction of sp³-hybridized carbons (Fsp3) is 0.619. The molecule has 4 rings (SSSR count). The van der Waals surface area contributed by atoms with E-state index in [1.165, 1.54) is 0 Å². The van der Waals surface area contributed by atoms with Gasteiger partial charge in [0.25, 0.3) is 0 Å². The molecule has 1 aromatic carbocycles. The van der Waals surface area contributed by atoms with Gasteiger partial charge in [-0.2, -0.15) is 0 Å². The van der Waals surface area contributed by atoms with Gasteiger partial charge in [-0.25, -0.2) is 0 Å². The fourth-order valence-electron chi connectivity index (χ4n) is 4.89. The summed E-state index contributed by atoms with van der Waals surface area (Å²) in [6, 6.07) is 7.22. The van der Waals surface area contributed by atoms with Crippen molar-refractivity contribution in [2.24, 2.45) is 5.92 Å². The number of aliphatic hydroxyl groups is 2. The SMILES string of the molecule is CN(C)c1ccc(N2C(=S)NC3C(O)C(O)CC(C(=O)N4CCCCC4)C32)cc1. The Morgan fingerprint density at radius 2 is 1.79 bits per heavy atom. The summed E-state index contributed by atoms with van der Waals surface area (Å²) in [4.78, 5) is 19.3. The Kier molecular flexibility index (Phi) is 5.68. The lowest BCUT2D eigenvalue weighted by Gasteiger charge is -2.43. The summed E-state index contributed by atoms with van der Waals surface area (Å²) >= 11 is 5.60. The number of carbonyl (C=O) groups is 1. The van der Waals surface area contributed by atoms with Gasteiger partial charge in [-0.3, -0.25) is 4.79 Å². The minimum absolute atomic E-state index is 0.0621. The van der Waals surface area contributed by atoms with E-state index < -0.39 is 24.2 Å². The molecule has 1 saturated carbocycles. The van der Waals surface area contributed by atoms with E-state index in [0.717, 1.165) is 43.7 Å². The highest BCUT2D eigenvalue weighted by Crippen LogP contribution is 2.38. The molecule has 0 spiro atoms. The normalized spacial score (nSPS) is 32.0. The van der Waals surface area contributed by atoms with Gasteiger partial charge in [-0.15, -0.1) is 0 Å². The quantitative estimate of drug-likeness (QED) is 0.631. The molecule has 3 N–H and O–H groups in total. The number of fused-ring (bicyclic) bond motifs is 1. The van der Waals surface area contributed by atoms with Gasteiger partial charge in [0.05, 0.1) is 24.1 Å². The number of carbonyl (C=O) groups excluding carboxylic acids is 1. The molecule has 2 saturated heterocycles. The van der Waals surface area contributed by atoms with E-state index >= 15 is 0 Å². The van der Waals surface area contributed by atoms with Crippen molar-refractivity contribution in [3.63, 3.8) is 0 Å². The number of hydrogen-bond acceptors (Lipinski definition) is 5. The van der Waals surface area contributed by atoms with E-state index in [1.54, 1.807) is 0 Å². The molecule has 0 aromatic heterocycles. The van der Waals surface area contributed by atoms with E-state index in [0.29, 0.717) is 5.11 Å². The van der Waals surface area contributed by atoms with Crippen molar-refractivity contribution < 1.29 is 15.0 Å². The molecule has 1 amide bonds. The van der Waals surface area contributed by atoms with E-state index in [2.05, 4.69) is 5.32 Å². The van der Waals surface area contributed by atoms with E-state index in [-0.39, 0.29) is 18.4 Å². The molecule has 2 heterocycles. The lowest BCUT2D eigenvalue weighted by molar-refractivity contribution is -0.142. The van der Waals surface area contributed by atoms with Gasteiger partial charge in [-0.1, -0.05) is 0 Å². The summed E-state index contributed by atoms with van der Waals surface area (Å²) in [5, 5.41) is 24.7. The number of likely N-dealkylation sites (tertiary alicyclic amines) is 1. The second-order valence-electron chi connectivity index (χ2n) is 8.53. The Morgan fingerprint density at radius 3 is 2.41 bits per heavy atom.